The van der Waals surface area contributed by atoms with Gasteiger partial charge in [0.15, 0.2) is 0 Å². The van der Waals surface area contributed by atoms with E-state index >= 15 is 0 Å². The van der Waals surface area contributed by atoms with Crippen LogP contribution < -0.4 is 5.46 Å². The van der Waals surface area contributed by atoms with Crippen molar-refractivity contribution in [2.45, 2.75) is 6.92 Å². The number of nitrogens with one attached hydrogen (secondary N) is 1. The summed E-state index contributed by atoms with van der Waals surface area (Å²) < 4.78 is 0. The van der Waals surface area contributed by atoms with E-state index in [1.807, 2.05) is 6.92 Å². The van der Waals surface area contributed by atoms with E-state index in [0.29, 0.717) is 10.5 Å². The van der Waals surface area contributed by atoms with Gasteiger partial charge in [-0.2, -0.15) is 0 Å². The molecule has 0 fully saturated rings. The Morgan fingerprint density at radius 2 is 2.07 bits per heavy atom. The molecule has 0 aliphatic heterocycles. The monoisotopic (exact) mass is 209 g/mol. The van der Waals surface area contributed by atoms with Gasteiger partial charge in [-0.1, -0.05) is 17.7 Å². The Bertz CT molecular complexity index is 481. The maximum absolute atomic E-state index is 9.07. The number of aromatic nitrogens is 1. The third-order valence-corrected chi connectivity index (χ3v) is 2.77. The van der Waals surface area contributed by atoms with E-state index in [1.165, 1.54) is 0 Å². The van der Waals surface area contributed by atoms with Crippen molar-refractivity contribution in [3.63, 3.8) is 0 Å². The molecule has 0 bridgehead atoms. The molecule has 0 aliphatic rings. The smallest absolute Gasteiger partial charge is 0.423 e. The highest BCUT2D eigenvalue weighted by atomic mass is 35.5. The number of fused-ring (bicyclic) bond motifs is 1. The van der Waals surface area contributed by atoms with Gasteiger partial charge >= 0.3 is 7.12 Å². The van der Waals surface area contributed by atoms with E-state index < -0.39 is 7.12 Å². The fourth-order valence-corrected chi connectivity index (χ4v) is 1.71. The quantitative estimate of drug-likeness (QED) is 0.609. The zero-order valence-corrected chi connectivity index (χ0v) is 8.34. The Morgan fingerprint density at radius 1 is 1.36 bits per heavy atom. The summed E-state index contributed by atoms with van der Waals surface area (Å²) in [6, 6.07) is 3.52. The van der Waals surface area contributed by atoms with Crippen molar-refractivity contribution in [1.29, 1.82) is 0 Å². The summed E-state index contributed by atoms with van der Waals surface area (Å²) in [6.07, 6.45) is 1.58. The lowest BCUT2D eigenvalue weighted by Crippen LogP contribution is -2.28. The van der Waals surface area contributed by atoms with Crippen molar-refractivity contribution in [3.05, 3.63) is 28.9 Å². The van der Waals surface area contributed by atoms with Crippen LogP contribution in [0.25, 0.3) is 10.9 Å². The zero-order chi connectivity index (χ0) is 10.3. The third-order valence-electron chi connectivity index (χ3n) is 2.36. The number of halogens is 1. The van der Waals surface area contributed by atoms with E-state index in [1.54, 1.807) is 18.3 Å². The standard InChI is InChI=1S/C9H9BClNO2/c1-5-8(11)3-2-6-7(10(13)14)4-12-9(5)6/h2-4,12-14H,1H3. The molecule has 0 saturated heterocycles. The molecule has 0 amide bonds. The van der Waals surface area contributed by atoms with Crippen molar-refractivity contribution < 1.29 is 10.0 Å². The third kappa shape index (κ3) is 1.32. The van der Waals surface area contributed by atoms with E-state index in [0.717, 1.165) is 16.5 Å². The number of hydrogen-bond acceptors (Lipinski definition) is 2. The van der Waals surface area contributed by atoms with E-state index in [9.17, 15) is 0 Å². The summed E-state index contributed by atoms with van der Waals surface area (Å²) in [7, 11) is -1.45. The second kappa shape index (κ2) is 3.31. The van der Waals surface area contributed by atoms with Crippen molar-refractivity contribution in [3.8, 4) is 0 Å². The molecule has 1 aromatic carbocycles. The Morgan fingerprint density at radius 3 is 2.71 bits per heavy atom. The normalized spacial score (nSPS) is 10.9. The van der Waals surface area contributed by atoms with Crippen LogP contribution in [0.5, 0.6) is 0 Å². The highest BCUT2D eigenvalue weighted by Gasteiger charge is 2.17. The molecule has 72 valence electrons. The molecule has 3 N–H and O–H groups in total. The molecule has 0 saturated carbocycles. The van der Waals surface area contributed by atoms with Gasteiger partial charge < -0.3 is 15.0 Å². The molecule has 14 heavy (non-hydrogen) atoms. The van der Waals surface area contributed by atoms with Crippen LogP contribution >= 0.6 is 11.6 Å². The van der Waals surface area contributed by atoms with Crippen molar-refractivity contribution in [2.24, 2.45) is 0 Å². The highest BCUT2D eigenvalue weighted by Crippen LogP contribution is 2.22. The van der Waals surface area contributed by atoms with Crippen LogP contribution in [0.3, 0.4) is 0 Å². The predicted octanol–water partition coefficient (Wildman–Crippen LogP) is 0.810. The number of aromatic amines is 1. The van der Waals surface area contributed by atoms with Crippen molar-refractivity contribution >= 4 is 35.1 Å². The molecular formula is C9H9BClNO2. The highest BCUT2D eigenvalue weighted by molar-refractivity contribution is 6.62. The second-order valence-corrected chi connectivity index (χ2v) is 3.62. The topological polar surface area (TPSA) is 56.2 Å². The average Bonchev–Trinajstić information content (AvgIpc) is 2.55. The molecule has 2 aromatic rings. The lowest BCUT2D eigenvalue weighted by atomic mass is 9.80. The Kier molecular flexibility index (Phi) is 2.27. The van der Waals surface area contributed by atoms with Gasteiger partial charge in [-0.25, -0.2) is 0 Å². The van der Waals surface area contributed by atoms with E-state index in [2.05, 4.69) is 4.98 Å². The largest absolute Gasteiger partial charge is 0.490 e. The summed E-state index contributed by atoms with van der Waals surface area (Å²) in [6.45, 7) is 1.88. The minimum atomic E-state index is -1.45. The SMILES string of the molecule is Cc1c(Cl)ccc2c(B(O)O)c[nH]c12. The van der Waals surface area contributed by atoms with Gasteiger partial charge in [0.1, 0.15) is 0 Å². The minimum absolute atomic E-state index is 0.472. The molecule has 0 spiro atoms. The molecular weight excluding hydrogens is 200 g/mol. The maximum atomic E-state index is 9.07. The van der Waals surface area contributed by atoms with Gasteiger partial charge in [0.25, 0.3) is 0 Å². The first-order valence-electron chi connectivity index (χ1n) is 4.23. The Hall–Kier alpha value is -0.965. The van der Waals surface area contributed by atoms with Gasteiger partial charge in [-0.3, -0.25) is 0 Å². The van der Waals surface area contributed by atoms with Crippen LogP contribution in [0, 0.1) is 6.92 Å². The number of rotatable bonds is 1. The van der Waals surface area contributed by atoms with Crippen LogP contribution in [-0.2, 0) is 0 Å². The molecule has 0 radical (unpaired) electrons. The summed E-state index contributed by atoms with van der Waals surface area (Å²) in [4.78, 5) is 2.97. The minimum Gasteiger partial charge on any atom is -0.423 e. The summed E-state index contributed by atoms with van der Waals surface area (Å²) in [5, 5.41) is 19.6. The summed E-state index contributed by atoms with van der Waals surface area (Å²) >= 11 is 5.93. The van der Waals surface area contributed by atoms with Crippen LogP contribution in [0.1, 0.15) is 5.56 Å². The van der Waals surface area contributed by atoms with Crippen LogP contribution in [0.2, 0.25) is 5.02 Å². The average molecular weight is 209 g/mol. The van der Waals surface area contributed by atoms with Gasteiger partial charge in [0.05, 0.1) is 0 Å². The van der Waals surface area contributed by atoms with Gasteiger partial charge in [0, 0.05) is 22.2 Å². The second-order valence-electron chi connectivity index (χ2n) is 3.21. The Labute approximate surface area is 86.5 Å². The fraction of sp³-hybridized carbons (Fsp3) is 0.111. The first-order chi connectivity index (χ1) is 6.61. The molecule has 0 aliphatic carbocycles. The first-order valence-corrected chi connectivity index (χ1v) is 4.61. The van der Waals surface area contributed by atoms with Crippen LogP contribution in [0.4, 0.5) is 0 Å². The van der Waals surface area contributed by atoms with Crippen molar-refractivity contribution in [1.82, 2.24) is 4.98 Å². The molecule has 1 heterocycles. The molecule has 1 aromatic heterocycles. The first kappa shape index (κ1) is 9.58. The molecule has 3 nitrogen and oxygen atoms in total. The van der Waals surface area contributed by atoms with Gasteiger partial charge in [-0.15, -0.1) is 0 Å². The lowest BCUT2D eigenvalue weighted by Gasteiger charge is -2.00. The number of benzene rings is 1. The van der Waals surface area contributed by atoms with Crippen LogP contribution in [0.15, 0.2) is 18.3 Å². The lowest BCUT2D eigenvalue weighted by molar-refractivity contribution is 0.426. The molecule has 2 rings (SSSR count). The Balaban J connectivity index is 2.77. The van der Waals surface area contributed by atoms with E-state index in [-0.39, 0.29) is 0 Å². The number of H-pyrrole nitrogens is 1. The predicted molar refractivity (Wildman–Crippen MR) is 57.9 cm³/mol. The molecule has 0 unspecified atom stereocenters. The number of hydrogen-bond donors (Lipinski definition) is 3. The van der Waals surface area contributed by atoms with Crippen molar-refractivity contribution in [2.75, 3.05) is 0 Å². The van der Waals surface area contributed by atoms with Crippen LogP contribution in [-0.4, -0.2) is 22.2 Å². The molecule has 5 heteroatoms. The van der Waals surface area contributed by atoms with E-state index in [4.69, 9.17) is 21.6 Å². The summed E-state index contributed by atoms with van der Waals surface area (Å²) in [5.41, 5.74) is 2.23. The van der Waals surface area contributed by atoms with Gasteiger partial charge in [0.2, 0.25) is 0 Å². The molecule has 0 atom stereocenters. The summed E-state index contributed by atoms with van der Waals surface area (Å²) in [5.74, 6) is 0. The maximum Gasteiger partial charge on any atom is 0.490 e. The fourth-order valence-electron chi connectivity index (χ4n) is 1.55. The zero-order valence-electron chi connectivity index (χ0n) is 7.58. The number of aryl methyl sites for hydroxylation is 1. The van der Waals surface area contributed by atoms with Gasteiger partial charge in [-0.05, 0) is 23.9 Å².